The first-order chi connectivity index (χ1) is 14.2. The van der Waals surface area contributed by atoms with Crippen LogP contribution in [-0.4, -0.2) is 51.3 Å². The molecular weight excluding hydrogens is 367 g/mol. The van der Waals surface area contributed by atoms with Crippen molar-refractivity contribution in [3.63, 3.8) is 0 Å². The number of fused-ring (bicyclic) bond motifs is 1. The summed E-state index contributed by atoms with van der Waals surface area (Å²) in [4.78, 5) is 22.1. The van der Waals surface area contributed by atoms with E-state index in [-0.39, 0.29) is 11.7 Å². The van der Waals surface area contributed by atoms with Crippen LogP contribution in [0.4, 0.5) is 4.39 Å². The number of likely N-dealkylation sites (tertiary alicyclic amines) is 2. The first kappa shape index (κ1) is 18.3. The molecule has 2 aliphatic heterocycles. The molecular formula is C23H25FN4O. The number of aromatic nitrogens is 2. The van der Waals surface area contributed by atoms with E-state index >= 15 is 0 Å². The molecule has 1 amide bonds. The van der Waals surface area contributed by atoms with Gasteiger partial charge in [-0.2, -0.15) is 0 Å². The van der Waals surface area contributed by atoms with Gasteiger partial charge in [-0.3, -0.25) is 9.69 Å². The van der Waals surface area contributed by atoms with E-state index in [2.05, 4.69) is 14.3 Å². The molecule has 0 aliphatic carbocycles. The van der Waals surface area contributed by atoms with Crippen molar-refractivity contribution in [2.45, 2.75) is 31.7 Å². The molecule has 1 aromatic carbocycles. The SMILES string of the molecule is O=C(c1nc2ccccn2c1CN1CC[C@@H](c2ccc(F)cc2)C1)N1CCCC1. The highest BCUT2D eigenvalue weighted by molar-refractivity contribution is 5.94. The van der Waals surface area contributed by atoms with E-state index in [0.29, 0.717) is 18.2 Å². The minimum atomic E-state index is -0.195. The molecule has 5 nitrogen and oxygen atoms in total. The number of hydrogen-bond donors (Lipinski definition) is 0. The number of imidazole rings is 1. The second-order valence-electron chi connectivity index (χ2n) is 8.11. The molecule has 3 aromatic rings. The second kappa shape index (κ2) is 7.59. The summed E-state index contributed by atoms with van der Waals surface area (Å²) in [7, 11) is 0. The van der Waals surface area contributed by atoms with Crippen molar-refractivity contribution < 1.29 is 9.18 Å². The Labute approximate surface area is 169 Å². The third-order valence-corrected chi connectivity index (χ3v) is 6.21. The molecule has 0 saturated carbocycles. The topological polar surface area (TPSA) is 40.9 Å². The van der Waals surface area contributed by atoms with E-state index in [9.17, 15) is 9.18 Å². The quantitative estimate of drug-likeness (QED) is 0.680. The summed E-state index contributed by atoms with van der Waals surface area (Å²) >= 11 is 0. The maximum atomic E-state index is 13.2. The van der Waals surface area contributed by atoms with Crippen LogP contribution in [0.15, 0.2) is 48.7 Å². The van der Waals surface area contributed by atoms with Crippen LogP contribution in [0.1, 0.15) is 46.9 Å². The minimum Gasteiger partial charge on any atom is -0.337 e. The van der Waals surface area contributed by atoms with Crippen LogP contribution in [0, 0.1) is 5.82 Å². The Bertz CT molecular complexity index is 1020. The van der Waals surface area contributed by atoms with Gasteiger partial charge >= 0.3 is 0 Å². The van der Waals surface area contributed by atoms with Crippen molar-refractivity contribution in [2.75, 3.05) is 26.2 Å². The maximum absolute atomic E-state index is 13.2. The average Bonchev–Trinajstić information content (AvgIpc) is 3.49. The van der Waals surface area contributed by atoms with Crippen molar-refractivity contribution in [2.24, 2.45) is 0 Å². The molecule has 6 heteroatoms. The summed E-state index contributed by atoms with van der Waals surface area (Å²) in [5, 5.41) is 0. The molecule has 4 heterocycles. The predicted molar refractivity (Wildman–Crippen MR) is 109 cm³/mol. The average molecular weight is 392 g/mol. The molecule has 1 atom stereocenters. The monoisotopic (exact) mass is 392 g/mol. The summed E-state index contributed by atoms with van der Waals surface area (Å²) in [6.07, 6.45) is 5.17. The fraction of sp³-hybridized carbons (Fsp3) is 0.391. The van der Waals surface area contributed by atoms with Crippen LogP contribution in [0.3, 0.4) is 0 Å². The Morgan fingerprint density at radius 3 is 2.66 bits per heavy atom. The van der Waals surface area contributed by atoms with E-state index < -0.39 is 0 Å². The molecule has 2 aliphatic rings. The zero-order valence-corrected chi connectivity index (χ0v) is 16.4. The van der Waals surface area contributed by atoms with Gasteiger partial charge in [-0.15, -0.1) is 0 Å². The van der Waals surface area contributed by atoms with Gasteiger partial charge in [0.05, 0.1) is 5.69 Å². The number of carbonyl (C=O) groups is 1. The van der Waals surface area contributed by atoms with E-state index in [1.807, 2.05) is 41.4 Å². The fourth-order valence-corrected chi connectivity index (χ4v) is 4.63. The third kappa shape index (κ3) is 3.53. The number of amides is 1. The van der Waals surface area contributed by atoms with Crippen LogP contribution in [0.2, 0.25) is 0 Å². The maximum Gasteiger partial charge on any atom is 0.274 e. The van der Waals surface area contributed by atoms with Gasteiger partial charge in [0, 0.05) is 32.4 Å². The fourth-order valence-electron chi connectivity index (χ4n) is 4.63. The van der Waals surface area contributed by atoms with Crippen molar-refractivity contribution in [1.82, 2.24) is 19.2 Å². The molecule has 0 bridgehead atoms. The third-order valence-electron chi connectivity index (χ3n) is 6.21. The Kier molecular flexibility index (Phi) is 4.79. The molecule has 29 heavy (non-hydrogen) atoms. The Hall–Kier alpha value is -2.73. The highest BCUT2D eigenvalue weighted by atomic mass is 19.1. The Balaban J connectivity index is 1.40. The number of nitrogens with zero attached hydrogens (tertiary/aromatic N) is 4. The lowest BCUT2D eigenvalue weighted by molar-refractivity contribution is 0.0785. The number of rotatable bonds is 4. The van der Waals surface area contributed by atoms with Crippen molar-refractivity contribution in [3.05, 3.63) is 71.4 Å². The zero-order valence-electron chi connectivity index (χ0n) is 16.4. The van der Waals surface area contributed by atoms with Crippen molar-refractivity contribution in [3.8, 4) is 0 Å². The van der Waals surface area contributed by atoms with Crippen LogP contribution in [0.25, 0.3) is 5.65 Å². The molecule has 2 saturated heterocycles. The van der Waals surface area contributed by atoms with Gasteiger partial charge < -0.3 is 9.30 Å². The van der Waals surface area contributed by atoms with Gasteiger partial charge in [0.25, 0.3) is 5.91 Å². The smallest absolute Gasteiger partial charge is 0.274 e. The lowest BCUT2D eigenvalue weighted by Crippen LogP contribution is -2.30. The number of halogens is 1. The molecule has 2 fully saturated rings. The Morgan fingerprint density at radius 1 is 1.07 bits per heavy atom. The molecule has 2 aromatic heterocycles. The summed E-state index contributed by atoms with van der Waals surface area (Å²) in [5.41, 5.74) is 3.56. The van der Waals surface area contributed by atoms with Crippen LogP contribution < -0.4 is 0 Å². The molecule has 5 rings (SSSR count). The Morgan fingerprint density at radius 2 is 1.86 bits per heavy atom. The van der Waals surface area contributed by atoms with Gasteiger partial charge in [0.2, 0.25) is 0 Å². The van der Waals surface area contributed by atoms with Crippen molar-refractivity contribution in [1.29, 1.82) is 0 Å². The van der Waals surface area contributed by atoms with E-state index in [0.717, 1.165) is 56.8 Å². The van der Waals surface area contributed by atoms with E-state index in [1.165, 1.54) is 17.7 Å². The summed E-state index contributed by atoms with van der Waals surface area (Å²) in [6.45, 7) is 4.20. The highest BCUT2D eigenvalue weighted by Crippen LogP contribution is 2.29. The summed E-state index contributed by atoms with van der Waals surface area (Å²) in [5.74, 6) is 0.252. The molecule has 0 radical (unpaired) electrons. The van der Waals surface area contributed by atoms with Gasteiger partial charge in [-0.05, 0) is 61.6 Å². The van der Waals surface area contributed by atoms with Crippen LogP contribution in [-0.2, 0) is 6.54 Å². The molecule has 150 valence electrons. The number of carbonyl (C=O) groups excluding carboxylic acids is 1. The molecule has 0 unspecified atom stereocenters. The number of benzene rings is 1. The first-order valence-corrected chi connectivity index (χ1v) is 10.4. The van der Waals surface area contributed by atoms with E-state index in [4.69, 9.17) is 0 Å². The predicted octanol–water partition coefficient (Wildman–Crippen LogP) is 3.70. The standard InChI is InChI=1S/C23H25FN4O/c24-19-8-6-17(7-9-19)18-10-14-26(15-18)16-20-22(23(29)27-11-3-4-12-27)25-21-5-1-2-13-28(20)21/h1-2,5-9,13,18H,3-4,10-12,14-16H2/t18-/m1/s1. The largest absolute Gasteiger partial charge is 0.337 e. The van der Waals surface area contributed by atoms with Gasteiger partial charge in [-0.25, -0.2) is 9.37 Å². The highest BCUT2D eigenvalue weighted by Gasteiger charge is 2.29. The summed E-state index contributed by atoms with van der Waals surface area (Å²) < 4.78 is 15.3. The lowest BCUT2D eigenvalue weighted by Gasteiger charge is -2.19. The van der Waals surface area contributed by atoms with Crippen LogP contribution >= 0.6 is 0 Å². The first-order valence-electron chi connectivity index (χ1n) is 10.4. The van der Waals surface area contributed by atoms with Gasteiger partial charge in [0.15, 0.2) is 5.69 Å². The van der Waals surface area contributed by atoms with E-state index in [1.54, 1.807) is 0 Å². The molecule has 0 spiro atoms. The van der Waals surface area contributed by atoms with Crippen LogP contribution in [0.5, 0.6) is 0 Å². The lowest BCUT2D eigenvalue weighted by atomic mass is 9.99. The number of pyridine rings is 1. The summed E-state index contributed by atoms with van der Waals surface area (Å²) in [6, 6.07) is 12.7. The second-order valence-corrected chi connectivity index (χ2v) is 8.11. The normalized spacial score (nSPS) is 20.0. The number of hydrogen-bond acceptors (Lipinski definition) is 3. The zero-order chi connectivity index (χ0) is 19.8. The minimum absolute atomic E-state index is 0.0514. The van der Waals surface area contributed by atoms with Crippen molar-refractivity contribution >= 4 is 11.6 Å². The van der Waals surface area contributed by atoms with Gasteiger partial charge in [-0.1, -0.05) is 18.2 Å². The van der Waals surface area contributed by atoms with Gasteiger partial charge in [0.1, 0.15) is 11.5 Å². The molecule has 0 N–H and O–H groups in total.